The maximum Gasteiger partial charge on any atom is 0.223 e. The van der Waals surface area contributed by atoms with Crippen LogP contribution in [0.3, 0.4) is 0 Å². The summed E-state index contributed by atoms with van der Waals surface area (Å²) in [6.07, 6.45) is 3.13. The van der Waals surface area contributed by atoms with Gasteiger partial charge in [-0.1, -0.05) is 24.6 Å². The van der Waals surface area contributed by atoms with Crippen molar-refractivity contribution in [2.75, 3.05) is 13.2 Å². The first-order valence-electron chi connectivity index (χ1n) is 8.22. The Kier molecular flexibility index (Phi) is 5.83. The molecular formula is C18H28N2O2. The summed E-state index contributed by atoms with van der Waals surface area (Å²) in [4.78, 5) is 12.3. The summed E-state index contributed by atoms with van der Waals surface area (Å²) in [6, 6.07) is 6.09. The lowest BCUT2D eigenvalue weighted by molar-refractivity contribution is -0.126. The SMILES string of the molecule is Cc1cccc(C)c1OCC(C)NC(=O)[C@@H]1CCC[C@@H]1CN. The van der Waals surface area contributed by atoms with Gasteiger partial charge in [0.05, 0.1) is 6.04 Å². The fraction of sp³-hybridized carbons (Fsp3) is 0.611. The number of carbonyl (C=O) groups is 1. The number of hydrogen-bond acceptors (Lipinski definition) is 3. The molecular weight excluding hydrogens is 276 g/mol. The van der Waals surface area contributed by atoms with E-state index in [1.165, 1.54) is 0 Å². The minimum absolute atomic E-state index is 0.00877. The highest BCUT2D eigenvalue weighted by Crippen LogP contribution is 2.31. The molecule has 3 N–H and O–H groups in total. The fourth-order valence-electron chi connectivity index (χ4n) is 3.29. The van der Waals surface area contributed by atoms with Crippen molar-refractivity contribution in [3.63, 3.8) is 0 Å². The first-order chi connectivity index (χ1) is 10.5. The Morgan fingerprint density at radius 2 is 2.05 bits per heavy atom. The molecule has 0 bridgehead atoms. The summed E-state index contributed by atoms with van der Waals surface area (Å²) in [5.74, 6) is 1.47. The van der Waals surface area contributed by atoms with Gasteiger partial charge in [-0.25, -0.2) is 0 Å². The van der Waals surface area contributed by atoms with Gasteiger partial charge in [0.2, 0.25) is 5.91 Å². The van der Waals surface area contributed by atoms with Crippen molar-refractivity contribution in [3.05, 3.63) is 29.3 Å². The average Bonchev–Trinajstić information content (AvgIpc) is 2.95. The van der Waals surface area contributed by atoms with Crippen molar-refractivity contribution < 1.29 is 9.53 Å². The van der Waals surface area contributed by atoms with Crippen LogP contribution in [0.5, 0.6) is 5.75 Å². The third-order valence-electron chi connectivity index (χ3n) is 4.57. The molecule has 1 aliphatic carbocycles. The van der Waals surface area contributed by atoms with Gasteiger partial charge in [0.25, 0.3) is 0 Å². The van der Waals surface area contributed by atoms with Gasteiger partial charge < -0.3 is 15.8 Å². The molecule has 0 radical (unpaired) electrons. The van der Waals surface area contributed by atoms with E-state index in [1.807, 2.05) is 39.0 Å². The van der Waals surface area contributed by atoms with Crippen molar-refractivity contribution in [2.24, 2.45) is 17.6 Å². The second-order valence-corrected chi connectivity index (χ2v) is 6.47. The minimum atomic E-state index is -0.00877. The van der Waals surface area contributed by atoms with Gasteiger partial charge >= 0.3 is 0 Å². The van der Waals surface area contributed by atoms with E-state index < -0.39 is 0 Å². The lowest BCUT2D eigenvalue weighted by atomic mass is 9.95. The van der Waals surface area contributed by atoms with Crippen LogP contribution in [0.25, 0.3) is 0 Å². The molecule has 122 valence electrons. The summed E-state index contributed by atoms with van der Waals surface area (Å²) in [6.45, 7) is 7.15. The largest absolute Gasteiger partial charge is 0.491 e. The molecule has 1 aliphatic rings. The van der Waals surface area contributed by atoms with Crippen molar-refractivity contribution in [2.45, 2.75) is 46.1 Å². The lowest BCUT2D eigenvalue weighted by Crippen LogP contribution is -2.42. The molecule has 0 spiro atoms. The first-order valence-corrected chi connectivity index (χ1v) is 8.22. The zero-order chi connectivity index (χ0) is 16.1. The van der Waals surface area contributed by atoms with Crippen molar-refractivity contribution in [1.29, 1.82) is 0 Å². The van der Waals surface area contributed by atoms with E-state index in [0.717, 1.165) is 36.1 Å². The van der Waals surface area contributed by atoms with Crippen LogP contribution in [-0.2, 0) is 4.79 Å². The van der Waals surface area contributed by atoms with E-state index >= 15 is 0 Å². The summed E-state index contributed by atoms with van der Waals surface area (Å²) >= 11 is 0. The summed E-state index contributed by atoms with van der Waals surface area (Å²) < 4.78 is 5.91. The average molecular weight is 304 g/mol. The number of hydrogen-bond donors (Lipinski definition) is 2. The molecule has 1 amide bonds. The topological polar surface area (TPSA) is 64.3 Å². The van der Waals surface area contributed by atoms with E-state index in [-0.39, 0.29) is 17.9 Å². The Balaban J connectivity index is 1.85. The molecule has 0 heterocycles. The normalized spacial score (nSPS) is 22.4. The number of benzene rings is 1. The Morgan fingerprint density at radius 1 is 1.36 bits per heavy atom. The molecule has 4 nitrogen and oxygen atoms in total. The number of nitrogens with one attached hydrogen (secondary N) is 1. The molecule has 4 heteroatoms. The quantitative estimate of drug-likeness (QED) is 0.849. The zero-order valence-corrected chi connectivity index (χ0v) is 13.9. The van der Waals surface area contributed by atoms with Crippen LogP contribution < -0.4 is 15.8 Å². The zero-order valence-electron chi connectivity index (χ0n) is 13.9. The maximum atomic E-state index is 12.3. The van der Waals surface area contributed by atoms with Crippen LogP contribution in [0, 0.1) is 25.7 Å². The highest BCUT2D eigenvalue weighted by atomic mass is 16.5. The Bertz CT molecular complexity index is 496. The first kappa shape index (κ1) is 16.8. The summed E-state index contributed by atoms with van der Waals surface area (Å²) in [5, 5.41) is 3.08. The second kappa shape index (κ2) is 7.63. The standard InChI is InChI=1S/C18H28N2O2/c1-12-6-4-7-13(2)17(12)22-11-14(3)20-18(21)16-9-5-8-15(16)10-19/h4,6-7,14-16H,5,8-11,19H2,1-3H3,(H,20,21)/t14?,15-,16-/m1/s1. The second-order valence-electron chi connectivity index (χ2n) is 6.47. The van der Waals surface area contributed by atoms with Crippen LogP contribution in [0.15, 0.2) is 18.2 Å². The van der Waals surface area contributed by atoms with E-state index in [4.69, 9.17) is 10.5 Å². The molecule has 0 aromatic heterocycles. The number of ether oxygens (including phenoxy) is 1. The molecule has 1 aromatic carbocycles. The van der Waals surface area contributed by atoms with Crippen LogP contribution in [-0.4, -0.2) is 25.1 Å². The molecule has 0 aliphatic heterocycles. The molecule has 22 heavy (non-hydrogen) atoms. The molecule has 1 saturated carbocycles. The van der Waals surface area contributed by atoms with E-state index in [9.17, 15) is 4.79 Å². The predicted octanol–water partition coefficient (Wildman–Crippen LogP) is 2.56. The van der Waals surface area contributed by atoms with Crippen LogP contribution >= 0.6 is 0 Å². The molecule has 3 atom stereocenters. The van der Waals surface area contributed by atoms with Gasteiger partial charge in [-0.3, -0.25) is 4.79 Å². The molecule has 1 fully saturated rings. The van der Waals surface area contributed by atoms with Crippen LogP contribution in [0.4, 0.5) is 0 Å². The van der Waals surface area contributed by atoms with E-state index in [2.05, 4.69) is 5.32 Å². The van der Waals surface area contributed by atoms with Crippen molar-refractivity contribution >= 4 is 5.91 Å². The van der Waals surface area contributed by atoms with Gasteiger partial charge in [0.15, 0.2) is 0 Å². The summed E-state index contributed by atoms with van der Waals surface area (Å²) in [7, 11) is 0. The highest BCUT2D eigenvalue weighted by Gasteiger charge is 2.32. The molecule has 1 aromatic rings. The third-order valence-corrected chi connectivity index (χ3v) is 4.57. The summed E-state index contributed by atoms with van der Waals surface area (Å²) in [5.41, 5.74) is 8.00. The van der Waals surface area contributed by atoms with Gasteiger partial charge in [-0.15, -0.1) is 0 Å². The van der Waals surface area contributed by atoms with Crippen molar-refractivity contribution in [3.8, 4) is 5.75 Å². The van der Waals surface area contributed by atoms with E-state index in [0.29, 0.717) is 19.1 Å². The monoisotopic (exact) mass is 304 g/mol. The Hall–Kier alpha value is -1.55. The number of carbonyl (C=O) groups excluding carboxylic acids is 1. The Morgan fingerprint density at radius 3 is 2.68 bits per heavy atom. The lowest BCUT2D eigenvalue weighted by Gasteiger charge is -2.22. The van der Waals surface area contributed by atoms with Gasteiger partial charge in [-0.2, -0.15) is 0 Å². The number of aryl methyl sites for hydroxylation is 2. The molecule has 0 saturated heterocycles. The number of para-hydroxylation sites is 1. The Labute approximate surface area is 133 Å². The third kappa shape index (κ3) is 4.01. The molecule has 1 unspecified atom stereocenters. The number of amides is 1. The smallest absolute Gasteiger partial charge is 0.223 e. The van der Waals surface area contributed by atoms with E-state index in [1.54, 1.807) is 0 Å². The van der Waals surface area contributed by atoms with Crippen LogP contribution in [0.1, 0.15) is 37.3 Å². The number of nitrogens with two attached hydrogens (primary N) is 1. The highest BCUT2D eigenvalue weighted by molar-refractivity contribution is 5.79. The van der Waals surface area contributed by atoms with Gasteiger partial charge in [0, 0.05) is 5.92 Å². The fourth-order valence-corrected chi connectivity index (χ4v) is 3.29. The van der Waals surface area contributed by atoms with Crippen molar-refractivity contribution in [1.82, 2.24) is 5.32 Å². The minimum Gasteiger partial charge on any atom is -0.491 e. The van der Waals surface area contributed by atoms with Gasteiger partial charge in [0.1, 0.15) is 12.4 Å². The van der Waals surface area contributed by atoms with Crippen LogP contribution in [0.2, 0.25) is 0 Å². The number of rotatable bonds is 6. The molecule has 2 rings (SSSR count). The van der Waals surface area contributed by atoms with Gasteiger partial charge in [-0.05, 0) is 57.2 Å². The maximum absolute atomic E-state index is 12.3. The predicted molar refractivity (Wildman–Crippen MR) is 88.9 cm³/mol.